The number of amides is 4. The third kappa shape index (κ3) is 3.12. The molecule has 0 saturated carbocycles. The van der Waals surface area contributed by atoms with Crippen molar-refractivity contribution in [2.24, 2.45) is 5.73 Å². The van der Waals surface area contributed by atoms with Gasteiger partial charge in [0.1, 0.15) is 11.8 Å². The first-order valence-electron chi connectivity index (χ1n) is 7.83. The minimum Gasteiger partial charge on any atom is -0.482 e. The van der Waals surface area contributed by atoms with Crippen LogP contribution in [0, 0.1) is 0 Å². The van der Waals surface area contributed by atoms with Gasteiger partial charge in [0.05, 0.1) is 5.69 Å². The molecule has 3 N–H and O–H groups in total. The van der Waals surface area contributed by atoms with Crippen LogP contribution in [-0.2, 0) is 19.2 Å². The molecule has 0 unspecified atom stereocenters. The molecule has 1 aromatic rings. The molecule has 1 atom stereocenters. The molecule has 0 bridgehead atoms. The number of nitrogens with zero attached hydrogens (tertiary/aromatic N) is 2. The summed E-state index contributed by atoms with van der Waals surface area (Å²) < 4.78 is 5.30. The molecular formula is C16H18N4O5. The van der Waals surface area contributed by atoms with E-state index in [1.807, 2.05) is 0 Å². The Morgan fingerprint density at radius 2 is 2.08 bits per heavy atom. The summed E-state index contributed by atoms with van der Waals surface area (Å²) in [5.74, 6) is -1.99. The number of rotatable bonds is 2. The molecule has 1 aromatic carbocycles. The molecule has 0 radical (unpaired) electrons. The summed E-state index contributed by atoms with van der Waals surface area (Å²) in [4.78, 5) is 50.2. The molecule has 25 heavy (non-hydrogen) atoms. The molecule has 9 heteroatoms. The number of carbonyl (C=O) groups is 4. The molecule has 3 rings (SSSR count). The van der Waals surface area contributed by atoms with Crippen molar-refractivity contribution in [1.29, 1.82) is 0 Å². The summed E-state index contributed by atoms with van der Waals surface area (Å²) in [6, 6.07) is 3.98. The fourth-order valence-corrected chi connectivity index (χ4v) is 2.97. The van der Waals surface area contributed by atoms with Crippen LogP contribution in [0.25, 0.3) is 0 Å². The maximum atomic E-state index is 12.3. The number of nitrogens with two attached hydrogens (primary N) is 1. The van der Waals surface area contributed by atoms with Gasteiger partial charge in [-0.05, 0) is 31.0 Å². The first-order chi connectivity index (χ1) is 11.9. The number of ether oxygens (including phenoxy) is 1. The topological polar surface area (TPSA) is 122 Å². The number of benzene rings is 1. The lowest BCUT2D eigenvalue weighted by atomic mass is 10.2. The van der Waals surface area contributed by atoms with Gasteiger partial charge in [0.15, 0.2) is 6.61 Å². The summed E-state index contributed by atoms with van der Waals surface area (Å²) in [6.07, 6.45) is 1.08. The SMILES string of the molecule is CN1C(=O)COc2ccc(NC(=O)C(=O)N3CCC[C@@H]3C(N)=O)cc21. The quantitative estimate of drug-likeness (QED) is 0.696. The highest BCUT2D eigenvalue weighted by molar-refractivity contribution is 6.40. The van der Waals surface area contributed by atoms with Crippen LogP contribution in [0.15, 0.2) is 18.2 Å². The minimum absolute atomic E-state index is 0.0445. The zero-order valence-corrected chi connectivity index (χ0v) is 13.7. The average Bonchev–Trinajstić information content (AvgIpc) is 3.08. The second-order valence-electron chi connectivity index (χ2n) is 5.94. The van der Waals surface area contributed by atoms with E-state index < -0.39 is 23.8 Å². The average molecular weight is 346 g/mol. The summed E-state index contributed by atoms with van der Waals surface area (Å²) in [5, 5.41) is 2.49. The molecule has 1 fully saturated rings. The Balaban J connectivity index is 1.74. The van der Waals surface area contributed by atoms with Crippen LogP contribution in [0.3, 0.4) is 0 Å². The van der Waals surface area contributed by atoms with Crippen LogP contribution in [0.4, 0.5) is 11.4 Å². The minimum atomic E-state index is -0.862. The van der Waals surface area contributed by atoms with Gasteiger partial charge < -0.3 is 25.6 Å². The highest BCUT2D eigenvalue weighted by Crippen LogP contribution is 2.33. The summed E-state index contributed by atoms with van der Waals surface area (Å²) in [7, 11) is 1.60. The van der Waals surface area contributed by atoms with E-state index in [0.29, 0.717) is 36.5 Å². The third-order valence-electron chi connectivity index (χ3n) is 4.34. The highest BCUT2D eigenvalue weighted by atomic mass is 16.5. The van der Waals surface area contributed by atoms with Crippen LogP contribution in [-0.4, -0.2) is 54.8 Å². The van der Waals surface area contributed by atoms with Crippen LogP contribution in [0.1, 0.15) is 12.8 Å². The van der Waals surface area contributed by atoms with E-state index in [1.165, 1.54) is 9.80 Å². The van der Waals surface area contributed by atoms with Gasteiger partial charge in [-0.1, -0.05) is 0 Å². The Labute approximate surface area is 143 Å². The van der Waals surface area contributed by atoms with E-state index in [4.69, 9.17) is 10.5 Å². The second kappa shape index (κ2) is 6.42. The molecular weight excluding hydrogens is 328 g/mol. The van der Waals surface area contributed by atoms with Gasteiger partial charge in [-0.15, -0.1) is 0 Å². The molecule has 2 aliphatic heterocycles. The summed E-state index contributed by atoms with van der Waals surface area (Å²) in [6.45, 7) is 0.270. The fourth-order valence-electron chi connectivity index (χ4n) is 2.97. The number of carbonyl (C=O) groups excluding carboxylic acids is 4. The zero-order valence-electron chi connectivity index (χ0n) is 13.7. The highest BCUT2D eigenvalue weighted by Gasteiger charge is 2.35. The molecule has 9 nitrogen and oxygen atoms in total. The largest absolute Gasteiger partial charge is 0.482 e. The number of primary amides is 1. The van der Waals surface area contributed by atoms with Crippen molar-refractivity contribution in [3.8, 4) is 5.75 Å². The van der Waals surface area contributed by atoms with Crippen molar-refractivity contribution in [1.82, 2.24) is 4.90 Å². The van der Waals surface area contributed by atoms with Crippen molar-refractivity contribution in [3.63, 3.8) is 0 Å². The first kappa shape index (κ1) is 16.7. The smallest absolute Gasteiger partial charge is 0.313 e. The molecule has 1 saturated heterocycles. The van der Waals surface area contributed by atoms with Gasteiger partial charge in [0, 0.05) is 19.3 Å². The van der Waals surface area contributed by atoms with Crippen LogP contribution >= 0.6 is 0 Å². The molecule has 0 spiro atoms. The Bertz CT molecular complexity index is 763. The van der Waals surface area contributed by atoms with E-state index in [9.17, 15) is 19.2 Å². The monoisotopic (exact) mass is 346 g/mol. The Morgan fingerprint density at radius 1 is 1.32 bits per heavy atom. The van der Waals surface area contributed by atoms with Crippen LogP contribution in [0.5, 0.6) is 5.75 Å². The number of hydrogen-bond donors (Lipinski definition) is 2. The van der Waals surface area contributed by atoms with Crippen molar-refractivity contribution < 1.29 is 23.9 Å². The Morgan fingerprint density at radius 3 is 2.80 bits per heavy atom. The van der Waals surface area contributed by atoms with E-state index in [1.54, 1.807) is 25.2 Å². The number of likely N-dealkylation sites (tertiary alicyclic amines) is 1. The standard InChI is InChI=1S/C16H18N4O5/c1-19-11-7-9(4-5-12(11)25-8-13(19)21)18-15(23)16(24)20-6-2-3-10(20)14(17)22/h4-5,7,10H,2-3,6,8H2,1H3,(H2,17,22)(H,18,23)/t10-/m1/s1. The molecule has 132 valence electrons. The van der Waals surface area contributed by atoms with Crippen molar-refractivity contribution in [3.05, 3.63) is 18.2 Å². The second-order valence-corrected chi connectivity index (χ2v) is 5.94. The maximum Gasteiger partial charge on any atom is 0.313 e. The lowest BCUT2D eigenvalue weighted by Gasteiger charge is -2.26. The predicted octanol–water partition coefficient (Wildman–Crippen LogP) is -0.543. The molecule has 0 aliphatic carbocycles. The summed E-state index contributed by atoms with van der Waals surface area (Å²) in [5.41, 5.74) is 6.11. The number of likely N-dealkylation sites (N-methyl/N-ethyl adjacent to an activating group) is 1. The predicted molar refractivity (Wildman–Crippen MR) is 87.9 cm³/mol. The third-order valence-corrected chi connectivity index (χ3v) is 4.34. The molecule has 4 amide bonds. The van der Waals surface area contributed by atoms with Gasteiger partial charge in [-0.2, -0.15) is 0 Å². The Kier molecular flexibility index (Phi) is 4.30. The number of fused-ring (bicyclic) bond motifs is 1. The number of hydrogen-bond acceptors (Lipinski definition) is 5. The number of nitrogens with one attached hydrogen (secondary N) is 1. The fraction of sp³-hybridized carbons (Fsp3) is 0.375. The molecule has 2 aliphatic rings. The van der Waals surface area contributed by atoms with Crippen molar-refractivity contribution in [2.45, 2.75) is 18.9 Å². The van der Waals surface area contributed by atoms with Gasteiger partial charge >= 0.3 is 11.8 Å². The van der Waals surface area contributed by atoms with Gasteiger partial charge in [0.2, 0.25) is 5.91 Å². The van der Waals surface area contributed by atoms with E-state index in [-0.39, 0.29) is 12.5 Å². The van der Waals surface area contributed by atoms with Crippen molar-refractivity contribution in [2.75, 3.05) is 30.4 Å². The lowest BCUT2D eigenvalue weighted by molar-refractivity contribution is -0.145. The van der Waals surface area contributed by atoms with Crippen LogP contribution in [0.2, 0.25) is 0 Å². The van der Waals surface area contributed by atoms with Gasteiger partial charge in [-0.25, -0.2) is 0 Å². The van der Waals surface area contributed by atoms with E-state index in [2.05, 4.69) is 5.32 Å². The normalized spacial score (nSPS) is 19.2. The van der Waals surface area contributed by atoms with E-state index >= 15 is 0 Å². The zero-order chi connectivity index (χ0) is 18.1. The number of anilines is 2. The van der Waals surface area contributed by atoms with Gasteiger partial charge in [-0.3, -0.25) is 19.2 Å². The lowest BCUT2D eigenvalue weighted by Crippen LogP contribution is -2.47. The summed E-state index contributed by atoms with van der Waals surface area (Å²) >= 11 is 0. The molecule has 2 heterocycles. The van der Waals surface area contributed by atoms with Gasteiger partial charge in [0.25, 0.3) is 5.91 Å². The first-order valence-corrected chi connectivity index (χ1v) is 7.83. The van der Waals surface area contributed by atoms with E-state index in [0.717, 1.165) is 0 Å². The van der Waals surface area contributed by atoms with Crippen LogP contribution < -0.4 is 20.7 Å². The van der Waals surface area contributed by atoms with Crippen molar-refractivity contribution >= 4 is 35.0 Å². The Hall–Kier alpha value is -3.10. The maximum absolute atomic E-state index is 12.3. The molecule has 0 aromatic heterocycles.